The van der Waals surface area contributed by atoms with Gasteiger partial charge in [0.25, 0.3) is 0 Å². The van der Waals surface area contributed by atoms with Gasteiger partial charge < -0.3 is 25.1 Å². The summed E-state index contributed by atoms with van der Waals surface area (Å²) in [6.07, 6.45) is 1.07. The number of nitrogen functional groups attached to an aromatic ring is 1. The minimum atomic E-state index is -0.261. The molecule has 2 aromatic rings. The van der Waals surface area contributed by atoms with Crippen LogP contribution in [0.1, 0.15) is 36.3 Å². The molecule has 1 fully saturated rings. The largest absolute Gasteiger partial charge is 0.465 e. The fraction of sp³-hybridized carbons (Fsp3) is 0.471. The first-order valence-corrected chi connectivity index (χ1v) is 8.54. The Morgan fingerprint density at radius 2 is 2.12 bits per heavy atom. The van der Waals surface area contributed by atoms with Gasteiger partial charge in [-0.15, -0.1) is 0 Å². The molecular formula is C17H21N5O3. The molecular weight excluding hydrogens is 322 g/mol. The molecule has 3 N–H and O–H groups in total. The number of carbonyl (C=O) groups is 1. The third-order valence-corrected chi connectivity index (χ3v) is 4.63. The zero-order valence-electron chi connectivity index (χ0n) is 14.1. The molecule has 25 heavy (non-hydrogen) atoms. The number of nitrogens with two attached hydrogens (primary N) is 1. The number of hydrogen-bond donors (Lipinski definition) is 2. The second kappa shape index (κ2) is 6.36. The number of morpholine rings is 1. The van der Waals surface area contributed by atoms with E-state index in [1.54, 1.807) is 0 Å². The molecule has 4 rings (SSSR count). The van der Waals surface area contributed by atoms with E-state index in [0.29, 0.717) is 43.9 Å². The van der Waals surface area contributed by atoms with Crippen LogP contribution in [0.3, 0.4) is 0 Å². The highest BCUT2D eigenvalue weighted by Gasteiger charge is 2.33. The van der Waals surface area contributed by atoms with E-state index < -0.39 is 0 Å². The van der Waals surface area contributed by atoms with Crippen molar-refractivity contribution in [2.75, 3.05) is 42.3 Å². The summed E-state index contributed by atoms with van der Waals surface area (Å²) in [7, 11) is 0. The van der Waals surface area contributed by atoms with Crippen molar-refractivity contribution in [2.45, 2.75) is 25.7 Å². The molecule has 0 aliphatic carbocycles. The van der Waals surface area contributed by atoms with Gasteiger partial charge in [-0.2, -0.15) is 9.97 Å². The maximum Gasteiger partial charge on any atom is 0.229 e. The van der Waals surface area contributed by atoms with Gasteiger partial charge in [-0.1, -0.05) is 6.92 Å². The molecule has 0 bridgehead atoms. The van der Waals surface area contributed by atoms with E-state index in [2.05, 4.69) is 15.3 Å². The molecule has 1 saturated heterocycles. The number of furan rings is 1. The lowest BCUT2D eigenvalue weighted by atomic mass is 9.90. The predicted octanol–water partition coefficient (Wildman–Crippen LogP) is 1.52. The van der Waals surface area contributed by atoms with Crippen molar-refractivity contribution >= 4 is 23.5 Å². The number of aryl methyl sites for hydroxylation is 1. The first-order chi connectivity index (χ1) is 12.2. The molecule has 2 aromatic heterocycles. The highest BCUT2D eigenvalue weighted by Crippen LogP contribution is 2.40. The second-order valence-corrected chi connectivity index (χ2v) is 6.23. The molecule has 0 radical (unpaired) electrons. The summed E-state index contributed by atoms with van der Waals surface area (Å²) in [4.78, 5) is 23.2. The smallest absolute Gasteiger partial charge is 0.229 e. The summed E-state index contributed by atoms with van der Waals surface area (Å²) in [6.45, 7) is 4.68. The molecule has 8 nitrogen and oxygen atoms in total. The van der Waals surface area contributed by atoms with Crippen molar-refractivity contribution in [1.82, 2.24) is 9.97 Å². The van der Waals surface area contributed by atoms with E-state index in [-0.39, 0.29) is 18.2 Å². The van der Waals surface area contributed by atoms with E-state index in [0.717, 1.165) is 23.5 Å². The normalized spacial score (nSPS) is 20.3. The lowest BCUT2D eigenvalue weighted by Crippen LogP contribution is -2.38. The lowest BCUT2D eigenvalue weighted by Gasteiger charge is -2.30. The van der Waals surface area contributed by atoms with Crippen LogP contribution in [0.5, 0.6) is 0 Å². The molecule has 8 heteroatoms. The molecule has 2 aliphatic rings. The Hall–Kier alpha value is -2.61. The minimum Gasteiger partial charge on any atom is -0.465 e. The third-order valence-electron chi connectivity index (χ3n) is 4.63. The van der Waals surface area contributed by atoms with Crippen LogP contribution in [0, 0.1) is 0 Å². The number of fused-ring (bicyclic) bond motifs is 1. The van der Waals surface area contributed by atoms with Crippen LogP contribution in [0.25, 0.3) is 0 Å². The fourth-order valence-electron chi connectivity index (χ4n) is 3.30. The third kappa shape index (κ3) is 2.93. The van der Waals surface area contributed by atoms with Crippen LogP contribution in [0.4, 0.5) is 17.6 Å². The summed E-state index contributed by atoms with van der Waals surface area (Å²) in [5.74, 6) is 2.62. The van der Waals surface area contributed by atoms with Crippen LogP contribution in [0.2, 0.25) is 0 Å². The Kier molecular flexibility index (Phi) is 4.04. The number of ether oxygens (including phenoxy) is 1. The number of carbonyl (C=O) groups excluding carboxylic acids is 1. The number of amides is 1. The van der Waals surface area contributed by atoms with Gasteiger partial charge in [-0.3, -0.25) is 4.79 Å². The van der Waals surface area contributed by atoms with E-state index in [1.807, 2.05) is 24.0 Å². The molecule has 1 atom stereocenters. The highest BCUT2D eigenvalue weighted by atomic mass is 16.5. The van der Waals surface area contributed by atoms with Gasteiger partial charge in [0.05, 0.1) is 19.1 Å². The molecule has 0 aromatic carbocycles. The fourth-order valence-corrected chi connectivity index (χ4v) is 3.30. The molecule has 0 unspecified atom stereocenters. The van der Waals surface area contributed by atoms with E-state index in [4.69, 9.17) is 14.9 Å². The van der Waals surface area contributed by atoms with Crippen molar-refractivity contribution in [3.05, 3.63) is 29.2 Å². The van der Waals surface area contributed by atoms with Gasteiger partial charge in [0.2, 0.25) is 11.9 Å². The standard InChI is InChI=1S/C17H21N5O3/c1-2-10-3-4-12(25-10)11-9-13(23)19-16-14(11)15(18)20-17(21-16)22-5-7-24-8-6-22/h3-4,11H,2,5-9H2,1H3,(H3,18,19,20,21,23)/t11-/m1/s1. The number of hydrogen-bond acceptors (Lipinski definition) is 7. The van der Waals surface area contributed by atoms with Crippen molar-refractivity contribution in [3.8, 4) is 0 Å². The summed E-state index contributed by atoms with van der Waals surface area (Å²) in [6, 6.07) is 3.84. The van der Waals surface area contributed by atoms with Crippen LogP contribution in [-0.2, 0) is 16.0 Å². The van der Waals surface area contributed by atoms with Crippen LogP contribution < -0.4 is 16.0 Å². The highest BCUT2D eigenvalue weighted by molar-refractivity contribution is 5.95. The Morgan fingerprint density at radius 3 is 2.84 bits per heavy atom. The van der Waals surface area contributed by atoms with Crippen molar-refractivity contribution in [3.63, 3.8) is 0 Å². The minimum absolute atomic E-state index is 0.0991. The molecule has 2 aliphatic heterocycles. The first-order valence-electron chi connectivity index (χ1n) is 8.54. The average molecular weight is 343 g/mol. The number of anilines is 3. The van der Waals surface area contributed by atoms with E-state index in [1.165, 1.54) is 0 Å². The van der Waals surface area contributed by atoms with Gasteiger partial charge in [-0.25, -0.2) is 0 Å². The Labute approximate surface area is 145 Å². The van der Waals surface area contributed by atoms with Gasteiger partial charge in [0, 0.05) is 31.5 Å². The topological polar surface area (TPSA) is 107 Å². The summed E-state index contributed by atoms with van der Waals surface area (Å²) in [5.41, 5.74) is 6.99. The lowest BCUT2D eigenvalue weighted by molar-refractivity contribution is -0.116. The second-order valence-electron chi connectivity index (χ2n) is 6.23. The Morgan fingerprint density at radius 1 is 1.32 bits per heavy atom. The number of aromatic nitrogens is 2. The van der Waals surface area contributed by atoms with Crippen LogP contribution in [-0.4, -0.2) is 42.2 Å². The SMILES string of the molecule is CCc1ccc([C@H]2CC(=O)Nc3nc(N4CCOCC4)nc(N)c32)o1. The van der Waals surface area contributed by atoms with Crippen molar-refractivity contribution in [2.24, 2.45) is 0 Å². The van der Waals surface area contributed by atoms with Crippen molar-refractivity contribution in [1.29, 1.82) is 0 Å². The molecule has 1 amide bonds. The maximum absolute atomic E-state index is 12.2. The average Bonchev–Trinajstić information content (AvgIpc) is 3.10. The summed E-state index contributed by atoms with van der Waals surface area (Å²) < 4.78 is 11.2. The molecule has 132 valence electrons. The zero-order valence-corrected chi connectivity index (χ0v) is 14.1. The van der Waals surface area contributed by atoms with E-state index >= 15 is 0 Å². The zero-order chi connectivity index (χ0) is 17.4. The number of rotatable bonds is 3. The summed E-state index contributed by atoms with van der Waals surface area (Å²) >= 11 is 0. The van der Waals surface area contributed by atoms with E-state index in [9.17, 15) is 4.79 Å². The van der Waals surface area contributed by atoms with Crippen LogP contribution >= 0.6 is 0 Å². The Bertz CT molecular complexity index is 798. The predicted molar refractivity (Wildman–Crippen MR) is 92.7 cm³/mol. The van der Waals surface area contributed by atoms with Gasteiger partial charge >= 0.3 is 0 Å². The van der Waals surface area contributed by atoms with Gasteiger partial charge in [-0.05, 0) is 12.1 Å². The number of nitrogens with zero attached hydrogens (tertiary/aromatic N) is 3. The first kappa shape index (κ1) is 15.9. The molecule has 4 heterocycles. The van der Waals surface area contributed by atoms with Gasteiger partial charge in [0.15, 0.2) is 0 Å². The molecule has 0 saturated carbocycles. The Balaban J connectivity index is 1.74. The summed E-state index contributed by atoms with van der Waals surface area (Å²) in [5, 5.41) is 2.83. The van der Waals surface area contributed by atoms with Crippen molar-refractivity contribution < 1.29 is 13.9 Å². The number of nitrogens with one attached hydrogen (secondary N) is 1. The monoisotopic (exact) mass is 343 g/mol. The van der Waals surface area contributed by atoms with Crippen LogP contribution in [0.15, 0.2) is 16.5 Å². The maximum atomic E-state index is 12.2. The van der Waals surface area contributed by atoms with Gasteiger partial charge in [0.1, 0.15) is 23.2 Å². The molecule has 0 spiro atoms. The quantitative estimate of drug-likeness (QED) is 0.870.